The Morgan fingerprint density at radius 2 is 1.93 bits per heavy atom. The molecule has 0 saturated carbocycles. The third-order valence-electron chi connectivity index (χ3n) is 2.46. The molecule has 0 bridgehead atoms. The molecule has 0 aliphatic heterocycles. The highest BCUT2D eigenvalue weighted by Gasteiger charge is 2.47. The van der Waals surface area contributed by atoms with Crippen LogP contribution in [0.2, 0.25) is 0 Å². The van der Waals surface area contributed by atoms with Crippen molar-refractivity contribution in [2.45, 2.75) is 13.8 Å². The molecule has 0 saturated heterocycles. The molecule has 0 aliphatic rings. The zero-order chi connectivity index (χ0) is 11.4. The molecule has 0 radical (unpaired) electrons. The van der Waals surface area contributed by atoms with Gasteiger partial charge in [0, 0.05) is 13.0 Å². The Hall–Kier alpha value is -1.10. The number of hydrogen-bond donors (Lipinski definition) is 1. The summed E-state index contributed by atoms with van der Waals surface area (Å²) in [5, 5.41) is 8.97. The van der Waals surface area contributed by atoms with E-state index in [2.05, 4.69) is 4.74 Å². The maximum absolute atomic E-state index is 11.3. The second kappa shape index (κ2) is 4.95. The van der Waals surface area contributed by atoms with Crippen LogP contribution < -0.4 is 0 Å². The molecule has 2 unspecified atom stereocenters. The van der Waals surface area contributed by atoms with Gasteiger partial charge in [-0.1, -0.05) is 6.92 Å². The van der Waals surface area contributed by atoms with Crippen molar-refractivity contribution in [2.75, 3.05) is 20.8 Å². The molecule has 0 aromatic rings. The molecule has 0 aromatic carbocycles. The molecule has 0 aromatic heterocycles. The van der Waals surface area contributed by atoms with E-state index in [4.69, 9.17) is 9.84 Å². The predicted octanol–water partition coefficient (Wildman–Crippen LogP) is 0.533. The highest BCUT2D eigenvalue weighted by molar-refractivity contribution is 5.98. The maximum Gasteiger partial charge on any atom is 0.323 e. The molecular weight excluding hydrogens is 188 g/mol. The number of hydrogen-bond acceptors (Lipinski definition) is 4. The van der Waals surface area contributed by atoms with E-state index in [-0.39, 0.29) is 6.61 Å². The first kappa shape index (κ1) is 12.9. The quantitative estimate of drug-likeness (QED) is 0.522. The summed E-state index contributed by atoms with van der Waals surface area (Å²) in [5.41, 5.74) is -1.55. The molecule has 0 heterocycles. The zero-order valence-corrected chi connectivity index (χ0v) is 8.86. The van der Waals surface area contributed by atoms with Gasteiger partial charge in [-0.15, -0.1) is 0 Å². The number of carbonyl (C=O) groups excluding carboxylic acids is 1. The fourth-order valence-electron chi connectivity index (χ4n) is 1.13. The smallest absolute Gasteiger partial charge is 0.323 e. The number of methoxy groups -OCH3 is 2. The number of ether oxygens (including phenoxy) is 2. The van der Waals surface area contributed by atoms with Crippen molar-refractivity contribution in [1.82, 2.24) is 0 Å². The molecule has 82 valence electrons. The molecule has 2 atom stereocenters. The average Bonchev–Trinajstić information content (AvgIpc) is 2.15. The van der Waals surface area contributed by atoms with Gasteiger partial charge in [-0.05, 0) is 6.92 Å². The van der Waals surface area contributed by atoms with Gasteiger partial charge in [0.15, 0.2) is 5.41 Å². The van der Waals surface area contributed by atoms with Crippen LogP contribution in [0.5, 0.6) is 0 Å². The number of carboxylic acid groups (broad SMARTS) is 1. The zero-order valence-electron chi connectivity index (χ0n) is 8.86. The van der Waals surface area contributed by atoms with Gasteiger partial charge in [0.25, 0.3) is 0 Å². The minimum absolute atomic E-state index is 0.192. The van der Waals surface area contributed by atoms with E-state index in [1.807, 2.05) is 0 Å². The van der Waals surface area contributed by atoms with E-state index in [9.17, 15) is 9.59 Å². The summed E-state index contributed by atoms with van der Waals surface area (Å²) < 4.78 is 9.29. The molecule has 0 spiro atoms. The predicted molar refractivity (Wildman–Crippen MR) is 48.8 cm³/mol. The summed E-state index contributed by atoms with van der Waals surface area (Å²) in [7, 11) is 2.62. The lowest BCUT2D eigenvalue weighted by Gasteiger charge is -2.27. The van der Waals surface area contributed by atoms with Crippen molar-refractivity contribution in [2.24, 2.45) is 11.3 Å². The fourth-order valence-corrected chi connectivity index (χ4v) is 1.13. The van der Waals surface area contributed by atoms with Gasteiger partial charge in [-0.25, -0.2) is 0 Å². The Bertz CT molecular complexity index is 225. The van der Waals surface area contributed by atoms with Crippen molar-refractivity contribution in [1.29, 1.82) is 0 Å². The Labute approximate surface area is 83.0 Å². The molecular formula is C9H16O5. The van der Waals surface area contributed by atoms with E-state index < -0.39 is 23.3 Å². The molecule has 0 aliphatic carbocycles. The maximum atomic E-state index is 11.3. The lowest BCUT2D eigenvalue weighted by molar-refractivity contribution is -0.171. The summed E-state index contributed by atoms with van der Waals surface area (Å²) >= 11 is 0. The topological polar surface area (TPSA) is 72.8 Å². The molecule has 1 N–H and O–H groups in total. The molecule has 14 heavy (non-hydrogen) atoms. The monoisotopic (exact) mass is 204 g/mol. The SMILES string of the molecule is COCC(C)C(C)(C(=O)O)C(=O)OC. The minimum Gasteiger partial charge on any atom is -0.480 e. The number of carboxylic acids is 1. The first-order chi connectivity index (χ1) is 6.41. The standard InChI is InChI=1S/C9H16O5/c1-6(5-13-3)9(2,7(10)11)8(12)14-4/h6H,5H2,1-4H3,(H,10,11). The van der Waals surface area contributed by atoms with Gasteiger partial charge in [-0.2, -0.15) is 0 Å². The number of rotatable bonds is 5. The second-order valence-electron chi connectivity index (χ2n) is 3.36. The van der Waals surface area contributed by atoms with Crippen LogP contribution in [-0.2, 0) is 19.1 Å². The fraction of sp³-hybridized carbons (Fsp3) is 0.778. The van der Waals surface area contributed by atoms with Gasteiger partial charge >= 0.3 is 11.9 Å². The average molecular weight is 204 g/mol. The van der Waals surface area contributed by atoms with Crippen LogP contribution in [0.1, 0.15) is 13.8 Å². The van der Waals surface area contributed by atoms with E-state index in [1.54, 1.807) is 6.92 Å². The molecule has 5 nitrogen and oxygen atoms in total. The minimum atomic E-state index is -1.55. The highest BCUT2D eigenvalue weighted by atomic mass is 16.5. The summed E-state index contributed by atoms with van der Waals surface area (Å²) in [6.45, 7) is 3.16. The first-order valence-electron chi connectivity index (χ1n) is 4.22. The summed E-state index contributed by atoms with van der Waals surface area (Å²) in [4.78, 5) is 22.3. The lowest BCUT2D eigenvalue weighted by atomic mass is 9.78. The van der Waals surface area contributed by atoms with Crippen molar-refractivity contribution in [3.8, 4) is 0 Å². The largest absolute Gasteiger partial charge is 0.480 e. The van der Waals surface area contributed by atoms with Crippen LogP contribution in [0.4, 0.5) is 0 Å². The van der Waals surface area contributed by atoms with E-state index in [0.29, 0.717) is 0 Å². The van der Waals surface area contributed by atoms with Crippen molar-refractivity contribution in [3.05, 3.63) is 0 Å². The second-order valence-corrected chi connectivity index (χ2v) is 3.36. The number of carbonyl (C=O) groups is 2. The van der Waals surface area contributed by atoms with Crippen LogP contribution in [0.15, 0.2) is 0 Å². The Morgan fingerprint density at radius 3 is 2.21 bits per heavy atom. The van der Waals surface area contributed by atoms with E-state index >= 15 is 0 Å². The van der Waals surface area contributed by atoms with Crippen molar-refractivity contribution < 1.29 is 24.2 Å². The lowest BCUT2D eigenvalue weighted by Crippen LogP contribution is -2.44. The van der Waals surface area contributed by atoms with Gasteiger partial charge in [0.1, 0.15) is 0 Å². The van der Waals surface area contributed by atoms with Crippen LogP contribution in [0.25, 0.3) is 0 Å². The Kier molecular flexibility index (Phi) is 4.56. The van der Waals surface area contributed by atoms with Crippen LogP contribution >= 0.6 is 0 Å². The third kappa shape index (κ3) is 2.23. The van der Waals surface area contributed by atoms with Gasteiger partial charge < -0.3 is 14.6 Å². The highest BCUT2D eigenvalue weighted by Crippen LogP contribution is 2.29. The molecule has 0 rings (SSSR count). The van der Waals surface area contributed by atoms with Crippen LogP contribution in [0, 0.1) is 11.3 Å². The number of esters is 1. The van der Waals surface area contributed by atoms with Gasteiger partial charge in [0.05, 0.1) is 13.7 Å². The van der Waals surface area contributed by atoms with Crippen molar-refractivity contribution >= 4 is 11.9 Å². The normalized spacial score (nSPS) is 16.9. The van der Waals surface area contributed by atoms with Gasteiger partial charge in [-0.3, -0.25) is 9.59 Å². The van der Waals surface area contributed by atoms with Gasteiger partial charge in [0.2, 0.25) is 0 Å². The summed E-state index contributed by atoms with van der Waals surface area (Å²) in [5.74, 6) is -2.40. The Morgan fingerprint density at radius 1 is 1.43 bits per heavy atom. The number of aliphatic carboxylic acids is 1. The van der Waals surface area contributed by atoms with Crippen LogP contribution in [0.3, 0.4) is 0 Å². The Balaban J connectivity index is 4.89. The van der Waals surface area contributed by atoms with E-state index in [0.717, 1.165) is 0 Å². The van der Waals surface area contributed by atoms with Crippen molar-refractivity contribution in [3.63, 3.8) is 0 Å². The summed E-state index contributed by atoms with van der Waals surface area (Å²) in [6.07, 6.45) is 0. The van der Waals surface area contributed by atoms with Crippen LogP contribution in [-0.4, -0.2) is 37.9 Å². The van der Waals surface area contributed by atoms with E-state index in [1.165, 1.54) is 21.1 Å². The summed E-state index contributed by atoms with van der Waals surface area (Å²) in [6, 6.07) is 0. The molecule has 0 fully saturated rings. The third-order valence-corrected chi connectivity index (χ3v) is 2.46. The molecule has 0 amide bonds. The molecule has 5 heteroatoms. The first-order valence-corrected chi connectivity index (χ1v) is 4.22.